The van der Waals surface area contributed by atoms with Crippen LogP contribution in [0.1, 0.15) is 11.1 Å². The lowest BCUT2D eigenvalue weighted by molar-refractivity contribution is 0.472. The number of anilines is 1. The van der Waals surface area contributed by atoms with Crippen molar-refractivity contribution in [2.24, 2.45) is 10.2 Å². The molecule has 5 aromatic rings. The molecule has 0 bridgehead atoms. The smallest absolute Gasteiger partial charge is 0.296 e. The standard InChI is InChI=1S/C30H24ClN3O10S3/c1-17-3-8-21(9-4-17)44-26-12-7-20(31)15-24(26)32-33-29-27(47(41,42)43)14-19-13-23(46(38,39)40)16-25(28(19)30(29)35)34-45(36,37)22-10-5-18(2)6-11-22/h3-16,34-35H,1-2H3,(H,38,39,40)(H,41,42,43)/b33-32-. The SMILES string of the molecule is Cc1ccc(Oc2ccc(Cl)cc2/N=N\c2c(S(=O)(=O)O)cc3cc(S(=O)(=O)O)cc(NS(=O)(=O)c4ccc(C)cc4)c3c2O)cc1. The van der Waals surface area contributed by atoms with Crippen LogP contribution in [0, 0.1) is 13.8 Å². The third kappa shape index (κ3) is 7.54. The number of ether oxygens (including phenoxy) is 1. The van der Waals surface area contributed by atoms with Crippen LogP contribution in [-0.2, 0) is 30.3 Å². The number of nitrogens with one attached hydrogen (secondary N) is 1. The van der Waals surface area contributed by atoms with Crippen molar-refractivity contribution in [1.82, 2.24) is 0 Å². The predicted octanol–water partition coefficient (Wildman–Crippen LogP) is 7.32. The number of aromatic hydroxyl groups is 1. The number of benzene rings is 5. The maximum Gasteiger partial charge on any atom is 0.296 e. The number of rotatable bonds is 9. The summed E-state index contributed by atoms with van der Waals surface area (Å²) in [6, 6.07) is 19.1. The Hall–Kier alpha value is -4.58. The first kappa shape index (κ1) is 33.8. The molecule has 0 fully saturated rings. The van der Waals surface area contributed by atoms with Gasteiger partial charge in [-0.05, 0) is 79.9 Å². The number of fused-ring (bicyclic) bond motifs is 1. The molecule has 0 aromatic heterocycles. The second-order valence-electron chi connectivity index (χ2n) is 10.2. The number of hydrogen-bond acceptors (Lipinski definition) is 10. The van der Waals surface area contributed by atoms with Gasteiger partial charge < -0.3 is 9.84 Å². The summed E-state index contributed by atoms with van der Waals surface area (Å²) >= 11 is 6.15. The number of azo groups is 1. The number of halogens is 1. The lowest BCUT2D eigenvalue weighted by Gasteiger charge is -2.16. The summed E-state index contributed by atoms with van der Waals surface area (Å²) in [6.07, 6.45) is 0. The van der Waals surface area contributed by atoms with Crippen molar-refractivity contribution in [3.63, 3.8) is 0 Å². The number of sulfonamides is 1. The highest BCUT2D eigenvalue weighted by Crippen LogP contribution is 2.46. The fourth-order valence-electron chi connectivity index (χ4n) is 4.40. The van der Waals surface area contributed by atoms with Crippen molar-refractivity contribution in [2.75, 3.05) is 4.72 Å². The third-order valence-corrected chi connectivity index (χ3v) is 10.0. The molecule has 0 unspecified atom stereocenters. The van der Waals surface area contributed by atoms with E-state index < -0.39 is 67.9 Å². The van der Waals surface area contributed by atoms with Gasteiger partial charge >= 0.3 is 0 Å². The van der Waals surface area contributed by atoms with Gasteiger partial charge in [-0.3, -0.25) is 13.8 Å². The molecule has 0 atom stereocenters. The first-order valence-corrected chi connectivity index (χ1v) is 18.0. The Kier molecular flexibility index (Phi) is 9.02. The van der Waals surface area contributed by atoms with E-state index >= 15 is 0 Å². The van der Waals surface area contributed by atoms with Gasteiger partial charge in [0.05, 0.1) is 20.9 Å². The molecule has 17 heteroatoms. The largest absolute Gasteiger partial charge is 0.505 e. The highest BCUT2D eigenvalue weighted by atomic mass is 35.5. The van der Waals surface area contributed by atoms with E-state index in [1.165, 1.54) is 42.5 Å². The fraction of sp³-hybridized carbons (Fsp3) is 0.0667. The minimum atomic E-state index is -5.19. The van der Waals surface area contributed by atoms with Gasteiger partial charge in [0.25, 0.3) is 30.3 Å². The van der Waals surface area contributed by atoms with E-state index in [4.69, 9.17) is 16.3 Å². The Morgan fingerprint density at radius 3 is 1.94 bits per heavy atom. The van der Waals surface area contributed by atoms with Crippen LogP contribution in [0.25, 0.3) is 10.8 Å². The normalized spacial score (nSPS) is 12.4. The Morgan fingerprint density at radius 1 is 0.723 bits per heavy atom. The number of aryl methyl sites for hydroxylation is 2. The van der Waals surface area contributed by atoms with Crippen LogP contribution >= 0.6 is 11.6 Å². The Bertz CT molecular complexity index is 2400. The van der Waals surface area contributed by atoms with Gasteiger partial charge in [0.1, 0.15) is 22.0 Å². The zero-order valence-electron chi connectivity index (χ0n) is 24.3. The molecular weight excluding hydrogens is 694 g/mol. The summed E-state index contributed by atoms with van der Waals surface area (Å²) < 4.78 is 104. The van der Waals surface area contributed by atoms with Crippen LogP contribution in [0.15, 0.2) is 110 Å². The van der Waals surface area contributed by atoms with E-state index in [2.05, 4.69) is 15.0 Å². The second-order valence-corrected chi connectivity index (χ2v) is 15.2. The molecule has 0 saturated carbocycles. The highest BCUT2D eigenvalue weighted by Gasteiger charge is 2.27. The summed E-state index contributed by atoms with van der Waals surface area (Å²) in [5.41, 5.74) is 0.289. The van der Waals surface area contributed by atoms with E-state index in [1.54, 1.807) is 31.2 Å². The van der Waals surface area contributed by atoms with Crippen molar-refractivity contribution in [3.8, 4) is 17.2 Å². The molecular formula is C30H24ClN3O10S3. The maximum atomic E-state index is 13.3. The van der Waals surface area contributed by atoms with Gasteiger partial charge in [-0.1, -0.05) is 47.0 Å². The highest BCUT2D eigenvalue weighted by molar-refractivity contribution is 7.92. The number of hydrogen-bond donors (Lipinski definition) is 4. The minimum absolute atomic E-state index is 0.0270. The summed E-state index contributed by atoms with van der Waals surface area (Å²) in [6.45, 7) is 3.62. The quantitative estimate of drug-likeness (QED) is 0.0882. The van der Waals surface area contributed by atoms with E-state index in [-0.39, 0.29) is 21.4 Å². The molecule has 0 spiro atoms. The van der Waals surface area contributed by atoms with Gasteiger partial charge in [0, 0.05) is 5.02 Å². The second kappa shape index (κ2) is 12.6. The lowest BCUT2D eigenvalue weighted by atomic mass is 10.1. The maximum absolute atomic E-state index is 13.3. The molecule has 0 aliphatic heterocycles. The number of phenolic OH excluding ortho intramolecular Hbond substituents is 1. The molecule has 47 heavy (non-hydrogen) atoms. The van der Waals surface area contributed by atoms with Gasteiger partial charge in [-0.2, -0.15) is 16.8 Å². The topological polar surface area (TPSA) is 209 Å². The van der Waals surface area contributed by atoms with Crippen LogP contribution in [0.3, 0.4) is 0 Å². The molecule has 5 rings (SSSR count). The molecule has 0 radical (unpaired) electrons. The average molecular weight is 718 g/mol. The van der Waals surface area contributed by atoms with E-state index in [0.29, 0.717) is 5.75 Å². The average Bonchev–Trinajstić information content (AvgIpc) is 2.97. The van der Waals surface area contributed by atoms with Crippen molar-refractivity contribution >= 4 is 69.7 Å². The molecule has 0 amide bonds. The zero-order chi connectivity index (χ0) is 34.3. The molecule has 244 valence electrons. The van der Waals surface area contributed by atoms with Crippen LogP contribution < -0.4 is 9.46 Å². The molecule has 4 N–H and O–H groups in total. The van der Waals surface area contributed by atoms with Gasteiger partial charge in [-0.15, -0.1) is 10.2 Å². The predicted molar refractivity (Wildman–Crippen MR) is 174 cm³/mol. The van der Waals surface area contributed by atoms with Crippen molar-refractivity contribution in [1.29, 1.82) is 0 Å². The summed E-state index contributed by atoms with van der Waals surface area (Å²) in [5, 5.41) is 18.6. The molecule has 0 aliphatic rings. The molecule has 13 nitrogen and oxygen atoms in total. The van der Waals surface area contributed by atoms with Crippen molar-refractivity contribution < 1.29 is 44.2 Å². The van der Waals surface area contributed by atoms with Crippen molar-refractivity contribution in [3.05, 3.63) is 101 Å². The first-order chi connectivity index (χ1) is 21.9. The van der Waals surface area contributed by atoms with Crippen LogP contribution in [-0.4, -0.2) is 39.5 Å². The van der Waals surface area contributed by atoms with Crippen LogP contribution in [0.4, 0.5) is 17.1 Å². The Labute approximate surface area is 274 Å². The molecule has 5 aromatic carbocycles. The summed E-state index contributed by atoms with van der Waals surface area (Å²) in [5.74, 6) is -0.466. The van der Waals surface area contributed by atoms with Crippen LogP contribution in [0.2, 0.25) is 5.02 Å². The van der Waals surface area contributed by atoms with E-state index in [1.807, 2.05) is 6.92 Å². The van der Waals surface area contributed by atoms with E-state index in [9.17, 15) is 39.5 Å². The van der Waals surface area contributed by atoms with Gasteiger partial charge in [-0.25, -0.2) is 8.42 Å². The van der Waals surface area contributed by atoms with E-state index in [0.717, 1.165) is 29.3 Å². The van der Waals surface area contributed by atoms with Crippen molar-refractivity contribution in [2.45, 2.75) is 28.5 Å². The number of phenols is 1. The minimum Gasteiger partial charge on any atom is -0.505 e. The Morgan fingerprint density at radius 2 is 1.34 bits per heavy atom. The van der Waals surface area contributed by atoms with Gasteiger partial charge in [0.2, 0.25) is 0 Å². The summed E-state index contributed by atoms with van der Waals surface area (Å²) in [4.78, 5) is -2.10. The number of nitrogens with zero attached hydrogens (tertiary/aromatic N) is 2. The Balaban J connectivity index is 1.72. The first-order valence-electron chi connectivity index (χ1n) is 13.3. The zero-order valence-corrected chi connectivity index (χ0v) is 27.5. The third-order valence-electron chi connectivity index (χ3n) is 6.70. The van der Waals surface area contributed by atoms with Gasteiger partial charge in [0.15, 0.2) is 11.5 Å². The monoisotopic (exact) mass is 717 g/mol. The molecule has 0 saturated heterocycles. The fourth-order valence-corrected chi connectivity index (χ4v) is 6.83. The van der Waals surface area contributed by atoms with Crippen LogP contribution in [0.5, 0.6) is 17.2 Å². The summed E-state index contributed by atoms with van der Waals surface area (Å²) in [7, 11) is -14.6. The molecule has 0 aliphatic carbocycles. The lowest BCUT2D eigenvalue weighted by Crippen LogP contribution is -2.14. The molecule has 0 heterocycles.